The monoisotopic (exact) mass is 394 g/mol. The van der Waals surface area contributed by atoms with Crippen LogP contribution >= 0.6 is 11.6 Å². The van der Waals surface area contributed by atoms with Crippen LogP contribution in [0.15, 0.2) is 42.5 Å². The predicted molar refractivity (Wildman–Crippen MR) is 95.5 cm³/mol. The third-order valence-corrected chi connectivity index (χ3v) is 6.25. The minimum atomic E-state index is -3.58. The van der Waals surface area contributed by atoms with Gasteiger partial charge in [-0.3, -0.25) is 0 Å². The summed E-state index contributed by atoms with van der Waals surface area (Å²) in [4.78, 5) is 0. The van der Waals surface area contributed by atoms with E-state index in [1.54, 1.807) is 30.3 Å². The van der Waals surface area contributed by atoms with Crippen LogP contribution in [0.2, 0.25) is 5.02 Å². The number of nitriles is 1. The van der Waals surface area contributed by atoms with E-state index in [-0.39, 0.29) is 30.5 Å². The second-order valence-corrected chi connectivity index (χ2v) is 8.34. The van der Waals surface area contributed by atoms with Crippen LogP contribution in [0.3, 0.4) is 0 Å². The standard InChI is InChI=1S/C18H16ClFN2O3S/c19-16-9-15(4-5-17(16)20)18-11-22(6-7-25-18)26(23,24)12-14-3-1-2-13(8-14)10-21/h1-5,8-9,18H,6-7,11-12H2/t18-/m0/s1. The van der Waals surface area contributed by atoms with Gasteiger partial charge in [-0.05, 0) is 35.4 Å². The van der Waals surface area contributed by atoms with Crippen molar-refractivity contribution >= 4 is 21.6 Å². The third-order valence-electron chi connectivity index (χ3n) is 4.14. The first-order valence-electron chi connectivity index (χ1n) is 7.92. The van der Waals surface area contributed by atoms with E-state index in [1.807, 2.05) is 6.07 Å². The van der Waals surface area contributed by atoms with Gasteiger partial charge in [-0.25, -0.2) is 12.8 Å². The first-order valence-corrected chi connectivity index (χ1v) is 9.91. The van der Waals surface area contributed by atoms with E-state index in [1.165, 1.54) is 16.4 Å². The lowest BCUT2D eigenvalue weighted by Crippen LogP contribution is -2.42. The highest BCUT2D eigenvalue weighted by atomic mass is 35.5. The summed E-state index contributed by atoms with van der Waals surface area (Å²) in [7, 11) is -3.58. The summed E-state index contributed by atoms with van der Waals surface area (Å²) in [6.45, 7) is 0.602. The lowest BCUT2D eigenvalue weighted by molar-refractivity contribution is -0.00263. The molecule has 1 atom stereocenters. The molecular weight excluding hydrogens is 379 g/mol. The van der Waals surface area contributed by atoms with Gasteiger partial charge in [0.1, 0.15) is 5.82 Å². The van der Waals surface area contributed by atoms with Gasteiger partial charge in [-0.15, -0.1) is 0 Å². The van der Waals surface area contributed by atoms with Gasteiger partial charge in [-0.2, -0.15) is 9.57 Å². The molecule has 0 aromatic heterocycles. The average molecular weight is 395 g/mol. The predicted octanol–water partition coefficient (Wildman–Crippen LogP) is 3.25. The van der Waals surface area contributed by atoms with Crippen molar-refractivity contribution in [1.82, 2.24) is 4.31 Å². The summed E-state index contributed by atoms with van der Waals surface area (Å²) in [6, 6.07) is 12.8. The molecule has 3 rings (SSSR count). The van der Waals surface area contributed by atoms with Crippen molar-refractivity contribution in [2.45, 2.75) is 11.9 Å². The zero-order chi connectivity index (χ0) is 18.7. The number of ether oxygens (including phenoxy) is 1. The van der Waals surface area contributed by atoms with E-state index >= 15 is 0 Å². The third kappa shape index (κ3) is 4.22. The number of hydrogen-bond donors (Lipinski definition) is 0. The molecule has 5 nitrogen and oxygen atoms in total. The van der Waals surface area contributed by atoms with Gasteiger partial charge in [0.15, 0.2) is 0 Å². The van der Waals surface area contributed by atoms with E-state index in [0.717, 1.165) is 0 Å². The van der Waals surface area contributed by atoms with Crippen LogP contribution in [0.25, 0.3) is 0 Å². The molecule has 0 bridgehead atoms. The van der Waals surface area contributed by atoms with E-state index in [9.17, 15) is 12.8 Å². The average Bonchev–Trinajstić information content (AvgIpc) is 2.64. The summed E-state index contributed by atoms with van der Waals surface area (Å²) in [5.41, 5.74) is 1.60. The van der Waals surface area contributed by atoms with Crippen molar-refractivity contribution in [1.29, 1.82) is 5.26 Å². The van der Waals surface area contributed by atoms with Crippen LogP contribution in [0.5, 0.6) is 0 Å². The normalized spacial score (nSPS) is 18.4. The van der Waals surface area contributed by atoms with Crippen molar-refractivity contribution in [2.75, 3.05) is 19.7 Å². The number of rotatable bonds is 4. The molecule has 1 heterocycles. The number of halogens is 2. The number of nitrogens with zero attached hydrogens (tertiary/aromatic N) is 2. The van der Waals surface area contributed by atoms with Crippen LogP contribution in [0.1, 0.15) is 22.8 Å². The Hall–Kier alpha value is -1.98. The number of hydrogen-bond acceptors (Lipinski definition) is 4. The molecule has 0 amide bonds. The quantitative estimate of drug-likeness (QED) is 0.798. The number of benzene rings is 2. The fraction of sp³-hybridized carbons (Fsp3) is 0.278. The Kier molecular flexibility index (Phi) is 5.58. The Balaban J connectivity index is 1.77. The zero-order valence-electron chi connectivity index (χ0n) is 13.7. The molecule has 0 radical (unpaired) electrons. The van der Waals surface area contributed by atoms with E-state index in [4.69, 9.17) is 21.6 Å². The fourth-order valence-corrected chi connectivity index (χ4v) is 4.51. The highest BCUT2D eigenvalue weighted by Gasteiger charge is 2.30. The fourth-order valence-electron chi connectivity index (χ4n) is 2.83. The van der Waals surface area contributed by atoms with Crippen molar-refractivity contribution in [3.8, 4) is 6.07 Å². The van der Waals surface area contributed by atoms with Gasteiger partial charge in [-0.1, -0.05) is 29.8 Å². The van der Waals surface area contributed by atoms with Crippen molar-refractivity contribution < 1.29 is 17.5 Å². The van der Waals surface area contributed by atoms with Crippen LogP contribution in [-0.2, 0) is 20.5 Å². The van der Waals surface area contributed by atoms with Crippen LogP contribution in [0.4, 0.5) is 4.39 Å². The molecular formula is C18H16ClFN2O3S. The van der Waals surface area contributed by atoms with Gasteiger partial charge in [0.05, 0.1) is 35.1 Å². The van der Waals surface area contributed by atoms with Crippen molar-refractivity contribution in [2.24, 2.45) is 0 Å². The highest BCUT2D eigenvalue weighted by molar-refractivity contribution is 7.88. The minimum absolute atomic E-state index is 0.0283. The molecule has 0 saturated carbocycles. The summed E-state index contributed by atoms with van der Waals surface area (Å²) >= 11 is 5.81. The molecule has 26 heavy (non-hydrogen) atoms. The van der Waals surface area contributed by atoms with Gasteiger partial charge in [0.2, 0.25) is 10.0 Å². The second kappa shape index (κ2) is 7.72. The molecule has 1 fully saturated rings. The molecule has 0 unspecified atom stereocenters. The Morgan fingerprint density at radius 2 is 2.12 bits per heavy atom. The van der Waals surface area contributed by atoms with Crippen LogP contribution in [0, 0.1) is 17.1 Å². The summed E-state index contributed by atoms with van der Waals surface area (Å²) in [6.07, 6.45) is -0.512. The second-order valence-electron chi connectivity index (χ2n) is 5.96. The van der Waals surface area contributed by atoms with Crippen LogP contribution in [-0.4, -0.2) is 32.4 Å². The Bertz CT molecular complexity index is 959. The highest BCUT2D eigenvalue weighted by Crippen LogP contribution is 2.28. The lowest BCUT2D eigenvalue weighted by Gasteiger charge is -2.32. The maximum Gasteiger partial charge on any atom is 0.218 e. The summed E-state index contributed by atoms with van der Waals surface area (Å²) < 4.78 is 45.8. The van der Waals surface area contributed by atoms with Gasteiger partial charge >= 0.3 is 0 Å². The Morgan fingerprint density at radius 3 is 2.85 bits per heavy atom. The maximum absolute atomic E-state index is 13.3. The molecule has 0 aliphatic carbocycles. The summed E-state index contributed by atoms with van der Waals surface area (Å²) in [5, 5.41) is 8.92. The van der Waals surface area contributed by atoms with E-state index in [0.29, 0.717) is 16.7 Å². The van der Waals surface area contributed by atoms with E-state index < -0.39 is 21.9 Å². The van der Waals surface area contributed by atoms with E-state index in [2.05, 4.69) is 0 Å². The maximum atomic E-state index is 13.3. The Morgan fingerprint density at radius 1 is 1.31 bits per heavy atom. The first-order chi connectivity index (χ1) is 12.4. The first kappa shape index (κ1) is 18.8. The number of morpholine rings is 1. The molecule has 1 aliphatic heterocycles. The van der Waals surface area contributed by atoms with Gasteiger partial charge < -0.3 is 4.74 Å². The van der Waals surface area contributed by atoms with Gasteiger partial charge in [0, 0.05) is 13.1 Å². The zero-order valence-corrected chi connectivity index (χ0v) is 15.3. The largest absolute Gasteiger partial charge is 0.371 e. The molecule has 1 aliphatic rings. The summed E-state index contributed by atoms with van der Waals surface area (Å²) in [5.74, 6) is -0.729. The molecule has 0 spiro atoms. The Labute approximate surface area is 156 Å². The SMILES string of the molecule is N#Cc1cccc(CS(=O)(=O)N2CCO[C@H](c3ccc(F)c(Cl)c3)C2)c1. The molecule has 0 N–H and O–H groups in total. The molecule has 8 heteroatoms. The van der Waals surface area contributed by atoms with Crippen molar-refractivity contribution in [3.63, 3.8) is 0 Å². The van der Waals surface area contributed by atoms with Crippen LogP contribution < -0.4 is 0 Å². The molecule has 2 aromatic carbocycles. The smallest absolute Gasteiger partial charge is 0.218 e. The lowest BCUT2D eigenvalue weighted by atomic mass is 10.1. The topological polar surface area (TPSA) is 70.4 Å². The number of sulfonamides is 1. The van der Waals surface area contributed by atoms with Gasteiger partial charge in [0.25, 0.3) is 0 Å². The molecule has 2 aromatic rings. The van der Waals surface area contributed by atoms with Crippen molar-refractivity contribution in [3.05, 3.63) is 70.0 Å². The molecule has 136 valence electrons. The molecule has 1 saturated heterocycles. The minimum Gasteiger partial charge on any atom is -0.371 e.